The third-order valence-electron chi connectivity index (χ3n) is 4.85. The maximum absolute atomic E-state index is 3.60. The van der Waals surface area contributed by atoms with Crippen LogP contribution in [0.4, 0.5) is 0 Å². The molecule has 0 radical (unpaired) electrons. The summed E-state index contributed by atoms with van der Waals surface area (Å²) in [5, 5.41) is 3.60. The summed E-state index contributed by atoms with van der Waals surface area (Å²) in [4.78, 5) is 2.55. The molecule has 2 rings (SSSR count). The van der Waals surface area contributed by atoms with Gasteiger partial charge in [0.05, 0.1) is 0 Å². The molecule has 1 aromatic rings. The minimum atomic E-state index is 0.526. The summed E-state index contributed by atoms with van der Waals surface area (Å²) in [6.07, 6.45) is 12.5. The van der Waals surface area contributed by atoms with Gasteiger partial charge in [-0.05, 0) is 57.5 Å². The third-order valence-corrected chi connectivity index (χ3v) is 4.85. The predicted octanol–water partition coefficient (Wildman–Crippen LogP) is 3.81. The number of nitrogens with zero attached hydrogens (tertiary/aromatic N) is 2. The molecule has 2 unspecified atom stereocenters. The molecule has 2 atom stereocenters. The van der Waals surface area contributed by atoms with Crippen LogP contribution in [0.25, 0.3) is 0 Å². The first-order valence-corrected chi connectivity index (χ1v) is 8.83. The second kappa shape index (κ2) is 8.60. The van der Waals surface area contributed by atoms with Gasteiger partial charge in [0.25, 0.3) is 0 Å². The summed E-state index contributed by atoms with van der Waals surface area (Å²) in [6.45, 7) is 7.93. The Bertz CT molecular complexity index is 393. The highest BCUT2D eigenvalue weighted by molar-refractivity contribution is 5.15. The summed E-state index contributed by atoms with van der Waals surface area (Å²) >= 11 is 0. The normalized spacial score (nSPS) is 21.6. The lowest BCUT2D eigenvalue weighted by Gasteiger charge is -2.32. The van der Waals surface area contributed by atoms with Crippen molar-refractivity contribution in [3.05, 3.63) is 24.0 Å². The van der Waals surface area contributed by atoms with Crippen molar-refractivity contribution < 1.29 is 0 Å². The van der Waals surface area contributed by atoms with Gasteiger partial charge in [-0.15, -0.1) is 0 Å². The van der Waals surface area contributed by atoms with E-state index in [1.165, 1.54) is 50.6 Å². The van der Waals surface area contributed by atoms with Gasteiger partial charge in [-0.2, -0.15) is 0 Å². The van der Waals surface area contributed by atoms with E-state index in [-0.39, 0.29) is 0 Å². The molecule has 1 aliphatic heterocycles. The molecule has 1 saturated heterocycles. The van der Waals surface area contributed by atoms with Gasteiger partial charge in [0.1, 0.15) is 0 Å². The van der Waals surface area contributed by atoms with E-state index in [1.54, 1.807) is 0 Å². The van der Waals surface area contributed by atoms with Gasteiger partial charge in [0.15, 0.2) is 0 Å². The van der Waals surface area contributed by atoms with Crippen LogP contribution < -0.4 is 5.32 Å². The molecule has 1 fully saturated rings. The molecule has 0 bridgehead atoms. The van der Waals surface area contributed by atoms with E-state index in [1.807, 2.05) is 0 Å². The van der Waals surface area contributed by atoms with Crippen LogP contribution in [0.2, 0.25) is 0 Å². The molecule has 3 nitrogen and oxygen atoms in total. The fraction of sp³-hybridized carbons (Fsp3) is 0.778. The fourth-order valence-electron chi connectivity index (χ4n) is 3.53. The maximum Gasteiger partial charge on any atom is 0.0335 e. The zero-order chi connectivity index (χ0) is 15.1. The van der Waals surface area contributed by atoms with Crippen LogP contribution in [0.3, 0.4) is 0 Å². The van der Waals surface area contributed by atoms with Gasteiger partial charge in [0, 0.05) is 31.0 Å². The first kappa shape index (κ1) is 16.6. The van der Waals surface area contributed by atoms with E-state index in [0.29, 0.717) is 6.04 Å². The Balaban J connectivity index is 1.86. The van der Waals surface area contributed by atoms with Crippen LogP contribution in [0, 0.1) is 0 Å². The van der Waals surface area contributed by atoms with E-state index in [2.05, 4.69) is 54.1 Å². The van der Waals surface area contributed by atoms with Crippen molar-refractivity contribution in [1.82, 2.24) is 14.8 Å². The number of rotatable bonds is 8. The molecule has 1 N–H and O–H groups in total. The molecule has 3 heteroatoms. The van der Waals surface area contributed by atoms with Gasteiger partial charge >= 0.3 is 0 Å². The molecule has 1 aliphatic rings. The summed E-state index contributed by atoms with van der Waals surface area (Å²) < 4.78 is 2.39. The summed E-state index contributed by atoms with van der Waals surface area (Å²) in [6, 6.07) is 3.61. The number of piperidine rings is 1. The standard InChI is InChI=1S/C18H33N3/c1-4-8-18(19-5-2)16-10-13-21(15-16)14-11-17-9-6-7-12-20(17)3/h10,13,15,17-19H,4-9,11-12,14H2,1-3H3. The second-order valence-corrected chi connectivity index (χ2v) is 6.50. The van der Waals surface area contributed by atoms with Gasteiger partial charge in [-0.25, -0.2) is 0 Å². The third kappa shape index (κ3) is 4.86. The average Bonchev–Trinajstić information content (AvgIpc) is 2.95. The Hall–Kier alpha value is -0.800. The monoisotopic (exact) mass is 291 g/mol. The Kier molecular flexibility index (Phi) is 6.78. The molecule has 0 amide bonds. The van der Waals surface area contributed by atoms with Crippen LogP contribution in [-0.4, -0.2) is 35.6 Å². The van der Waals surface area contributed by atoms with Crippen molar-refractivity contribution in [3.63, 3.8) is 0 Å². The number of hydrogen-bond donors (Lipinski definition) is 1. The number of hydrogen-bond acceptors (Lipinski definition) is 2. The molecule has 120 valence electrons. The van der Waals surface area contributed by atoms with Crippen molar-refractivity contribution in [1.29, 1.82) is 0 Å². The lowest BCUT2D eigenvalue weighted by molar-refractivity contribution is 0.171. The second-order valence-electron chi connectivity index (χ2n) is 6.50. The Morgan fingerprint density at radius 1 is 1.33 bits per heavy atom. The topological polar surface area (TPSA) is 20.2 Å². The first-order valence-electron chi connectivity index (χ1n) is 8.83. The van der Waals surface area contributed by atoms with Crippen molar-refractivity contribution >= 4 is 0 Å². The molecule has 0 spiro atoms. The van der Waals surface area contributed by atoms with Crippen molar-refractivity contribution in [2.75, 3.05) is 20.1 Å². The zero-order valence-electron chi connectivity index (χ0n) is 14.1. The summed E-state index contributed by atoms with van der Waals surface area (Å²) in [5.41, 5.74) is 1.45. The number of aryl methyl sites for hydroxylation is 1. The van der Waals surface area contributed by atoms with Gasteiger partial charge in [0.2, 0.25) is 0 Å². The number of likely N-dealkylation sites (tertiary alicyclic amines) is 1. The molecule has 0 aliphatic carbocycles. The highest BCUT2D eigenvalue weighted by atomic mass is 15.1. The number of aromatic nitrogens is 1. The quantitative estimate of drug-likeness (QED) is 0.786. The van der Waals surface area contributed by atoms with Crippen LogP contribution >= 0.6 is 0 Å². The van der Waals surface area contributed by atoms with Gasteiger partial charge < -0.3 is 14.8 Å². The van der Waals surface area contributed by atoms with E-state index >= 15 is 0 Å². The lowest BCUT2D eigenvalue weighted by Crippen LogP contribution is -2.36. The van der Waals surface area contributed by atoms with Crippen LogP contribution in [-0.2, 0) is 6.54 Å². The summed E-state index contributed by atoms with van der Waals surface area (Å²) in [7, 11) is 2.29. The zero-order valence-corrected chi connectivity index (χ0v) is 14.1. The molecule has 21 heavy (non-hydrogen) atoms. The SMILES string of the molecule is CCCC(NCC)c1ccn(CCC2CCCCN2C)c1. The minimum absolute atomic E-state index is 0.526. The van der Waals surface area contributed by atoms with Crippen molar-refractivity contribution in [2.24, 2.45) is 0 Å². The molecular formula is C18H33N3. The molecule has 2 heterocycles. The van der Waals surface area contributed by atoms with Crippen molar-refractivity contribution in [3.8, 4) is 0 Å². The van der Waals surface area contributed by atoms with Gasteiger partial charge in [-0.1, -0.05) is 26.7 Å². The first-order chi connectivity index (χ1) is 10.2. The van der Waals surface area contributed by atoms with Crippen LogP contribution in [0.1, 0.15) is 64.0 Å². The highest BCUT2D eigenvalue weighted by Gasteiger charge is 2.18. The highest BCUT2D eigenvalue weighted by Crippen LogP contribution is 2.21. The summed E-state index contributed by atoms with van der Waals surface area (Å²) in [5.74, 6) is 0. The van der Waals surface area contributed by atoms with E-state index in [0.717, 1.165) is 19.1 Å². The largest absolute Gasteiger partial charge is 0.354 e. The van der Waals surface area contributed by atoms with E-state index in [4.69, 9.17) is 0 Å². The Morgan fingerprint density at radius 3 is 2.90 bits per heavy atom. The molecular weight excluding hydrogens is 258 g/mol. The smallest absolute Gasteiger partial charge is 0.0335 e. The molecule has 0 saturated carbocycles. The van der Waals surface area contributed by atoms with Gasteiger partial charge in [-0.3, -0.25) is 0 Å². The molecule has 1 aromatic heterocycles. The van der Waals surface area contributed by atoms with Crippen molar-refractivity contribution in [2.45, 2.75) is 71.0 Å². The van der Waals surface area contributed by atoms with E-state index in [9.17, 15) is 0 Å². The minimum Gasteiger partial charge on any atom is -0.354 e. The van der Waals surface area contributed by atoms with E-state index < -0.39 is 0 Å². The fourth-order valence-corrected chi connectivity index (χ4v) is 3.53. The van der Waals surface area contributed by atoms with Crippen LogP contribution in [0.15, 0.2) is 18.5 Å². The number of nitrogens with one attached hydrogen (secondary N) is 1. The Labute approximate surface area is 130 Å². The maximum atomic E-state index is 3.60. The van der Waals surface area contributed by atoms with Crippen LogP contribution in [0.5, 0.6) is 0 Å². The average molecular weight is 291 g/mol. The lowest BCUT2D eigenvalue weighted by atomic mass is 10.0. The Morgan fingerprint density at radius 2 is 2.19 bits per heavy atom. The predicted molar refractivity (Wildman–Crippen MR) is 90.6 cm³/mol. The molecule has 0 aromatic carbocycles.